The molecule has 0 unspecified atom stereocenters. The van der Waals surface area contributed by atoms with E-state index in [1.54, 1.807) is 13.8 Å². The fourth-order valence-corrected chi connectivity index (χ4v) is 3.26. The Morgan fingerprint density at radius 3 is 1.69 bits per heavy atom. The molecule has 0 N–H and O–H groups in total. The van der Waals surface area contributed by atoms with Gasteiger partial charge in [-0.1, -0.05) is 12.1 Å². The van der Waals surface area contributed by atoms with Gasteiger partial charge in [-0.05, 0) is 49.9 Å². The highest BCUT2D eigenvalue weighted by Gasteiger charge is 2.31. The lowest BCUT2D eigenvalue weighted by Crippen LogP contribution is -2.32. The first-order chi connectivity index (χ1) is 12.2. The molecular weight excluding hydrogens is 332 g/mol. The van der Waals surface area contributed by atoms with Crippen LogP contribution >= 0.6 is 0 Å². The van der Waals surface area contributed by atoms with Crippen LogP contribution in [-0.4, -0.2) is 33.4 Å². The van der Waals surface area contributed by atoms with Crippen molar-refractivity contribution in [3.8, 4) is 0 Å². The molecule has 4 amide bonds. The average molecular weight is 352 g/mol. The van der Waals surface area contributed by atoms with Crippen molar-refractivity contribution in [2.75, 3.05) is 0 Å². The van der Waals surface area contributed by atoms with Crippen LogP contribution in [0.4, 0.5) is 0 Å². The van der Waals surface area contributed by atoms with Gasteiger partial charge in [0, 0.05) is 23.3 Å². The van der Waals surface area contributed by atoms with Crippen molar-refractivity contribution in [1.29, 1.82) is 0 Å². The average Bonchev–Trinajstić information content (AvgIpc) is 2.96. The van der Waals surface area contributed by atoms with E-state index in [1.807, 2.05) is 26.0 Å². The second-order valence-electron chi connectivity index (χ2n) is 6.76. The lowest BCUT2D eigenvalue weighted by molar-refractivity contribution is -0.139. The Kier molecular flexibility index (Phi) is 4.36. The molecule has 1 aromatic carbocycles. The molecule has 6 nitrogen and oxygen atoms in total. The number of amides is 4. The van der Waals surface area contributed by atoms with Crippen molar-refractivity contribution in [1.82, 2.24) is 9.80 Å². The Hall–Kier alpha value is -3.02. The number of carbonyl (C=O) groups is 4. The summed E-state index contributed by atoms with van der Waals surface area (Å²) in [6.45, 7) is 7.38. The predicted octanol–water partition coefficient (Wildman–Crippen LogP) is 1.93. The number of nitrogens with zero attached hydrogens (tertiary/aromatic N) is 2. The molecule has 2 aliphatic rings. The van der Waals surface area contributed by atoms with Crippen LogP contribution in [0.5, 0.6) is 0 Å². The monoisotopic (exact) mass is 352 g/mol. The predicted molar refractivity (Wildman–Crippen MR) is 94.5 cm³/mol. The zero-order chi connectivity index (χ0) is 19.2. The third kappa shape index (κ3) is 2.87. The van der Waals surface area contributed by atoms with E-state index in [0.29, 0.717) is 11.1 Å². The highest BCUT2D eigenvalue weighted by molar-refractivity contribution is 6.16. The minimum atomic E-state index is -0.321. The zero-order valence-corrected chi connectivity index (χ0v) is 15.3. The van der Waals surface area contributed by atoms with E-state index in [1.165, 1.54) is 22.0 Å². The molecule has 3 rings (SSSR count). The number of hydrogen-bond donors (Lipinski definition) is 0. The Balaban J connectivity index is 1.88. The van der Waals surface area contributed by atoms with Gasteiger partial charge in [0.2, 0.25) is 0 Å². The standard InChI is InChI=1S/C20H20N2O4/c1-11-5-6-15(9-21-17(23)7-12(2)19(21)25)14(4)16(11)10-22-18(24)8-13(3)20(22)26/h5-8H,9-10H2,1-4H3. The summed E-state index contributed by atoms with van der Waals surface area (Å²) in [4.78, 5) is 50.7. The fourth-order valence-electron chi connectivity index (χ4n) is 3.26. The molecule has 26 heavy (non-hydrogen) atoms. The topological polar surface area (TPSA) is 74.8 Å². The summed E-state index contributed by atoms with van der Waals surface area (Å²) in [6, 6.07) is 3.76. The van der Waals surface area contributed by atoms with Gasteiger partial charge in [-0.2, -0.15) is 0 Å². The SMILES string of the molecule is CC1=CC(=O)N(Cc2ccc(C)c(CN3C(=O)C=C(C)C3=O)c2C)C1=O. The Morgan fingerprint density at radius 1 is 0.731 bits per heavy atom. The molecule has 0 radical (unpaired) electrons. The molecular formula is C20H20N2O4. The molecule has 0 atom stereocenters. The minimum absolute atomic E-state index is 0.170. The van der Waals surface area contributed by atoms with Crippen molar-refractivity contribution >= 4 is 23.6 Å². The van der Waals surface area contributed by atoms with E-state index < -0.39 is 0 Å². The maximum atomic E-state index is 12.2. The lowest BCUT2D eigenvalue weighted by Gasteiger charge is -2.22. The van der Waals surface area contributed by atoms with Crippen molar-refractivity contribution in [3.63, 3.8) is 0 Å². The van der Waals surface area contributed by atoms with Crippen molar-refractivity contribution in [2.24, 2.45) is 0 Å². The molecule has 0 spiro atoms. The minimum Gasteiger partial charge on any atom is -0.271 e. The van der Waals surface area contributed by atoms with Crippen LogP contribution < -0.4 is 0 Å². The Morgan fingerprint density at radius 2 is 1.23 bits per heavy atom. The molecule has 0 aromatic heterocycles. The third-order valence-corrected chi connectivity index (χ3v) is 4.97. The first-order valence-electron chi connectivity index (χ1n) is 8.37. The molecule has 6 heteroatoms. The van der Waals surface area contributed by atoms with Gasteiger partial charge in [0.15, 0.2) is 0 Å². The van der Waals surface area contributed by atoms with Gasteiger partial charge in [0.1, 0.15) is 0 Å². The summed E-state index contributed by atoms with van der Waals surface area (Å²) in [5.74, 6) is -1.22. The molecule has 0 aliphatic carbocycles. The smallest absolute Gasteiger partial charge is 0.256 e. The number of hydrogen-bond acceptors (Lipinski definition) is 4. The highest BCUT2D eigenvalue weighted by Crippen LogP contribution is 2.25. The maximum Gasteiger partial charge on any atom is 0.256 e. The van der Waals surface area contributed by atoms with Gasteiger partial charge in [-0.15, -0.1) is 0 Å². The number of rotatable bonds is 4. The molecule has 2 heterocycles. The van der Waals surface area contributed by atoms with E-state index in [9.17, 15) is 19.2 Å². The van der Waals surface area contributed by atoms with E-state index in [0.717, 1.165) is 22.3 Å². The van der Waals surface area contributed by atoms with Crippen LogP contribution in [0.15, 0.2) is 35.4 Å². The van der Waals surface area contributed by atoms with Gasteiger partial charge in [-0.3, -0.25) is 29.0 Å². The summed E-state index contributed by atoms with van der Waals surface area (Å²) >= 11 is 0. The Labute approximate surface area is 151 Å². The third-order valence-electron chi connectivity index (χ3n) is 4.97. The van der Waals surface area contributed by atoms with Gasteiger partial charge < -0.3 is 0 Å². The van der Waals surface area contributed by atoms with Gasteiger partial charge in [0.25, 0.3) is 23.6 Å². The number of carbonyl (C=O) groups excluding carboxylic acids is 4. The zero-order valence-electron chi connectivity index (χ0n) is 15.3. The lowest BCUT2D eigenvalue weighted by atomic mass is 9.96. The Bertz CT molecular complexity index is 924. The largest absolute Gasteiger partial charge is 0.271 e. The highest BCUT2D eigenvalue weighted by atomic mass is 16.2. The van der Waals surface area contributed by atoms with E-state index in [2.05, 4.69) is 0 Å². The number of aryl methyl sites for hydroxylation is 1. The molecule has 134 valence electrons. The molecule has 0 bridgehead atoms. The summed E-state index contributed by atoms with van der Waals surface area (Å²) in [7, 11) is 0. The van der Waals surface area contributed by atoms with E-state index in [-0.39, 0.29) is 36.7 Å². The summed E-state index contributed by atoms with van der Waals surface area (Å²) in [6.07, 6.45) is 2.68. The number of benzene rings is 1. The van der Waals surface area contributed by atoms with Crippen LogP contribution in [0.3, 0.4) is 0 Å². The van der Waals surface area contributed by atoms with E-state index in [4.69, 9.17) is 0 Å². The van der Waals surface area contributed by atoms with Crippen LogP contribution in [0, 0.1) is 13.8 Å². The second kappa shape index (κ2) is 6.37. The molecule has 0 saturated carbocycles. The summed E-state index contributed by atoms with van der Waals surface area (Å²) < 4.78 is 0. The van der Waals surface area contributed by atoms with Crippen molar-refractivity contribution < 1.29 is 19.2 Å². The second-order valence-corrected chi connectivity index (χ2v) is 6.76. The quantitative estimate of drug-likeness (QED) is 0.776. The summed E-state index contributed by atoms with van der Waals surface area (Å²) in [5.41, 5.74) is 4.35. The van der Waals surface area contributed by atoms with Crippen molar-refractivity contribution in [2.45, 2.75) is 40.8 Å². The first kappa shape index (κ1) is 17.8. The summed E-state index contributed by atoms with van der Waals surface area (Å²) in [5, 5.41) is 0. The maximum absolute atomic E-state index is 12.2. The normalized spacial score (nSPS) is 17.4. The first-order valence-corrected chi connectivity index (χ1v) is 8.37. The van der Waals surface area contributed by atoms with Crippen LogP contribution in [0.1, 0.15) is 36.1 Å². The van der Waals surface area contributed by atoms with Gasteiger partial charge in [0.05, 0.1) is 13.1 Å². The van der Waals surface area contributed by atoms with Crippen molar-refractivity contribution in [3.05, 3.63) is 57.7 Å². The fraction of sp³-hybridized carbons (Fsp3) is 0.300. The van der Waals surface area contributed by atoms with Gasteiger partial charge in [-0.25, -0.2) is 0 Å². The van der Waals surface area contributed by atoms with Crippen LogP contribution in [0.2, 0.25) is 0 Å². The molecule has 1 aromatic rings. The van der Waals surface area contributed by atoms with E-state index >= 15 is 0 Å². The number of imide groups is 2. The van der Waals surface area contributed by atoms with Crippen LogP contribution in [0.25, 0.3) is 0 Å². The van der Waals surface area contributed by atoms with Crippen LogP contribution in [-0.2, 0) is 32.3 Å². The molecule has 0 saturated heterocycles. The molecule has 0 fully saturated rings. The molecule has 2 aliphatic heterocycles. The van der Waals surface area contributed by atoms with Gasteiger partial charge >= 0.3 is 0 Å².